The van der Waals surface area contributed by atoms with Crippen LogP contribution in [-0.4, -0.2) is 30.3 Å². The number of phenols is 2. The zero-order valence-corrected chi connectivity index (χ0v) is 15.1. The SMILES string of the molecule is COc1cc(CC(CC(N)c2ccc(O)c(OC)c2)C(=O)N=O)ccc1O. The summed E-state index contributed by atoms with van der Waals surface area (Å²) >= 11 is 0. The first-order chi connectivity index (χ1) is 12.9. The minimum absolute atomic E-state index is 0.0215. The minimum atomic E-state index is -0.803. The molecular weight excluding hydrogens is 352 g/mol. The quantitative estimate of drug-likeness (QED) is 0.605. The van der Waals surface area contributed by atoms with Crippen molar-refractivity contribution in [3.05, 3.63) is 52.4 Å². The fourth-order valence-electron chi connectivity index (χ4n) is 2.85. The number of rotatable bonds is 8. The average Bonchev–Trinajstić information content (AvgIpc) is 2.68. The zero-order valence-electron chi connectivity index (χ0n) is 15.1. The van der Waals surface area contributed by atoms with Crippen molar-refractivity contribution in [2.75, 3.05) is 14.2 Å². The van der Waals surface area contributed by atoms with Gasteiger partial charge in [-0.1, -0.05) is 12.1 Å². The Hall–Kier alpha value is -3.13. The van der Waals surface area contributed by atoms with Gasteiger partial charge in [0.15, 0.2) is 23.0 Å². The van der Waals surface area contributed by atoms with Crippen LogP contribution in [-0.2, 0) is 11.2 Å². The number of phenolic OH excluding ortho intramolecular Hbond substituents is 2. The molecule has 0 saturated heterocycles. The van der Waals surface area contributed by atoms with E-state index in [1.807, 2.05) is 0 Å². The molecule has 4 N–H and O–H groups in total. The first kappa shape index (κ1) is 20.2. The smallest absolute Gasteiger partial charge is 0.289 e. The largest absolute Gasteiger partial charge is 0.504 e. The number of aromatic hydroxyl groups is 2. The fraction of sp³-hybridized carbons (Fsp3) is 0.316. The van der Waals surface area contributed by atoms with Gasteiger partial charge in [-0.3, -0.25) is 4.79 Å². The van der Waals surface area contributed by atoms with E-state index in [2.05, 4.69) is 5.18 Å². The number of methoxy groups -OCH3 is 2. The van der Waals surface area contributed by atoms with Gasteiger partial charge in [-0.2, -0.15) is 0 Å². The normalized spacial score (nSPS) is 12.9. The molecule has 8 nitrogen and oxygen atoms in total. The lowest BCUT2D eigenvalue weighted by Gasteiger charge is -2.19. The molecule has 0 saturated carbocycles. The lowest BCUT2D eigenvalue weighted by Crippen LogP contribution is -2.22. The molecule has 2 unspecified atom stereocenters. The van der Waals surface area contributed by atoms with Crippen LogP contribution in [0, 0.1) is 10.8 Å². The average molecular weight is 374 g/mol. The Bertz CT molecular complexity index is 824. The predicted molar refractivity (Wildman–Crippen MR) is 98.9 cm³/mol. The molecule has 2 aromatic rings. The van der Waals surface area contributed by atoms with Gasteiger partial charge in [0, 0.05) is 17.1 Å². The molecule has 8 heteroatoms. The Labute approximate surface area is 156 Å². The summed E-state index contributed by atoms with van der Waals surface area (Å²) in [5.41, 5.74) is 7.54. The van der Waals surface area contributed by atoms with Crippen LogP contribution < -0.4 is 15.2 Å². The van der Waals surface area contributed by atoms with Crippen molar-refractivity contribution in [2.24, 2.45) is 16.8 Å². The van der Waals surface area contributed by atoms with E-state index in [1.54, 1.807) is 24.3 Å². The van der Waals surface area contributed by atoms with Crippen LogP contribution in [0.3, 0.4) is 0 Å². The fourth-order valence-corrected chi connectivity index (χ4v) is 2.85. The Kier molecular flexibility index (Phi) is 6.73. The van der Waals surface area contributed by atoms with Gasteiger partial charge in [0.25, 0.3) is 5.91 Å². The third kappa shape index (κ3) is 4.95. The number of benzene rings is 2. The first-order valence-electron chi connectivity index (χ1n) is 8.25. The van der Waals surface area contributed by atoms with Crippen molar-refractivity contribution < 1.29 is 24.5 Å². The summed E-state index contributed by atoms with van der Waals surface area (Å²) in [5.74, 6) is -1.06. The Morgan fingerprint density at radius 3 is 2.26 bits per heavy atom. The highest BCUT2D eigenvalue weighted by atomic mass is 16.5. The summed E-state index contributed by atoms with van der Waals surface area (Å²) in [6.07, 6.45) is 0.381. The van der Waals surface area contributed by atoms with Gasteiger partial charge in [-0.25, -0.2) is 0 Å². The molecule has 0 fully saturated rings. The highest BCUT2D eigenvalue weighted by Crippen LogP contribution is 2.32. The maximum absolute atomic E-state index is 12.0. The third-order valence-corrected chi connectivity index (χ3v) is 4.34. The number of amides is 1. The van der Waals surface area contributed by atoms with Crippen LogP contribution in [0.2, 0.25) is 0 Å². The number of ether oxygens (including phenoxy) is 2. The summed E-state index contributed by atoms with van der Waals surface area (Å²) < 4.78 is 10.1. The monoisotopic (exact) mass is 374 g/mol. The Balaban J connectivity index is 2.21. The van der Waals surface area contributed by atoms with Crippen molar-refractivity contribution in [1.29, 1.82) is 0 Å². The van der Waals surface area contributed by atoms with E-state index >= 15 is 0 Å². The minimum Gasteiger partial charge on any atom is -0.504 e. The number of carbonyl (C=O) groups excluding carboxylic acids is 1. The summed E-state index contributed by atoms with van der Waals surface area (Å²) in [5, 5.41) is 21.9. The number of hydrogen-bond donors (Lipinski definition) is 3. The second-order valence-corrected chi connectivity index (χ2v) is 6.11. The van der Waals surface area contributed by atoms with Crippen LogP contribution >= 0.6 is 0 Å². The summed E-state index contributed by atoms with van der Waals surface area (Å²) in [7, 11) is 2.84. The Morgan fingerprint density at radius 1 is 1.07 bits per heavy atom. The molecule has 0 radical (unpaired) electrons. The second kappa shape index (κ2) is 9.00. The number of nitrogens with zero attached hydrogens (tertiary/aromatic N) is 1. The summed E-state index contributed by atoms with van der Waals surface area (Å²) in [6, 6.07) is 8.77. The van der Waals surface area contributed by atoms with Crippen LogP contribution in [0.25, 0.3) is 0 Å². The molecule has 2 atom stereocenters. The lowest BCUT2D eigenvalue weighted by molar-refractivity contribution is -0.122. The molecule has 2 rings (SSSR count). The van der Waals surface area contributed by atoms with Crippen molar-refractivity contribution in [3.63, 3.8) is 0 Å². The van der Waals surface area contributed by atoms with E-state index in [0.29, 0.717) is 11.1 Å². The summed E-state index contributed by atoms with van der Waals surface area (Å²) in [4.78, 5) is 22.8. The molecule has 0 spiro atoms. The highest BCUT2D eigenvalue weighted by Gasteiger charge is 2.24. The second-order valence-electron chi connectivity index (χ2n) is 6.11. The van der Waals surface area contributed by atoms with Crippen LogP contribution in [0.4, 0.5) is 0 Å². The van der Waals surface area contributed by atoms with E-state index in [4.69, 9.17) is 15.2 Å². The van der Waals surface area contributed by atoms with Gasteiger partial charge >= 0.3 is 0 Å². The molecule has 1 amide bonds. The van der Waals surface area contributed by atoms with Gasteiger partial charge in [-0.15, -0.1) is 4.91 Å². The van der Waals surface area contributed by atoms with E-state index in [-0.39, 0.29) is 35.8 Å². The van der Waals surface area contributed by atoms with Gasteiger partial charge in [0.1, 0.15) is 0 Å². The Morgan fingerprint density at radius 2 is 1.67 bits per heavy atom. The van der Waals surface area contributed by atoms with Crippen LogP contribution in [0.1, 0.15) is 23.6 Å². The van der Waals surface area contributed by atoms with Crippen molar-refractivity contribution in [1.82, 2.24) is 0 Å². The molecule has 2 aromatic carbocycles. The molecule has 27 heavy (non-hydrogen) atoms. The topological polar surface area (TPSA) is 131 Å². The van der Waals surface area contributed by atoms with E-state index in [9.17, 15) is 19.9 Å². The number of nitroso groups, excluding NO2 is 1. The molecule has 0 bridgehead atoms. The van der Waals surface area contributed by atoms with Crippen molar-refractivity contribution in [2.45, 2.75) is 18.9 Å². The van der Waals surface area contributed by atoms with Gasteiger partial charge in [0.2, 0.25) is 0 Å². The molecule has 0 aliphatic rings. The molecule has 0 aliphatic heterocycles. The van der Waals surface area contributed by atoms with E-state index in [0.717, 1.165) is 0 Å². The molecule has 0 aromatic heterocycles. The zero-order chi connectivity index (χ0) is 20.0. The third-order valence-electron chi connectivity index (χ3n) is 4.34. The maximum Gasteiger partial charge on any atom is 0.289 e. The van der Waals surface area contributed by atoms with E-state index in [1.165, 1.54) is 26.4 Å². The maximum atomic E-state index is 12.0. The first-order valence-corrected chi connectivity index (χ1v) is 8.25. The van der Waals surface area contributed by atoms with Crippen LogP contribution in [0.5, 0.6) is 23.0 Å². The number of carbonyl (C=O) groups is 1. The van der Waals surface area contributed by atoms with Gasteiger partial charge in [0.05, 0.1) is 14.2 Å². The van der Waals surface area contributed by atoms with E-state index < -0.39 is 17.9 Å². The standard InChI is InChI=1S/C19H22N2O6/c1-26-17-8-11(3-5-15(17)22)7-13(19(24)21-25)9-14(20)12-4-6-16(23)18(10-12)27-2/h3-6,8,10,13-14,22-23H,7,9,20H2,1-2H3. The van der Waals surface area contributed by atoms with Gasteiger partial charge < -0.3 is 25.4 Å². The number of hydrogen-bond acceptors (Lipinski definition) is 7. The number of nitrogens with two attached hydrogens (primary N) is 1. The highest BCUT2D eigenvalue weighted by molar-refractivity contribution is 5.79. The predicted octanol–water partition coefficient (Wildman–Crippen LogP) is 2.66. The van der Waals surface area contributed by atoms with Crippen molar-refractivity contribution >= 4 is 5.91 Å². The molecule has 144 valence electrons. The lowest BCUT2D eigenvalue weighted by atomic mass is 9.89. The summed E-state index contributed by atoms with van der Waals surface area (Å²) in [6.45, 7) is 0. The molecule has 0 heterocycles. The van der Waals surface area contributed by atoms with Gasteiger partial charge in [-0.05, 0) is 48.2 Å². The van der Waals surface area contributed by atoms with Crippen LogP contribution in [0.15, 0.2) is 41.6 Å². The molecular formula is C19H22N2O6. The molecule has 0 aliphatic carbocycles. The van der Waals surface area contributed by atoms with Crippen molar-refractivity contribution in [3.8, 4) is 23.0 Å².